The Labute approximate surface area is 116 Å². The van der Waals surface area contributed by atoms with Crippen molar-refractivity contribution >= 4 is 35.1 Å². The number of amides is 1. The van der Waals surface area contributed by atoms with Gasteiger partial charge in [0.05, 0.1) is 11.4 Å². The Morgan fingerprint density at radius 2 is 1.89 bits per heavy atom. The molecule has 3 heteroatoms. The van der Waals surface area contributed by atoms with Gasteiger partial charge in [0, 0.05) is 16.7 Å². The lowest BCUT2D eigenvalue weighted by Crippen LogP contribution is -2.25. The summed E-state index contributed by atoms with van der Waals surface area (Å²) >= 11 is 1.69. The van der Waals surface area contributed by atoms with Gasteiger partial charge in [0.25, 0.3) is 0 Å². The van der Waals surface area contributed by atoms with Crippen LogP contribution in [0.4, 0.5) is 11.4 Å². The van der Waals surface area contributed by atoms with Gasteiger partial charge in [-0.3, -0.25) is 9.69 Å². The van der Waals surface area contributed by atoms with Crippen LogP contribution in [0, 0.1) is 0 Å². The number of hydrogen-bond donors (Lipinski definition) is 0. The molecule has 0 radical (unpaired) electrons. The van der Waals surface area contributed by atoms with Crippen molar-refractivity contribution in [1.29, 1.82) is 0 Å². The van der Waals surface area contributed by atoms with Crippen LogP contribution in [0.1, 0.15) is 12.5 Å². The first-order valence-electron chi connectivity index (χ1n) is 6.05. The van der Waals surface area contributed by atoms with Crippen molar-refractivity contribution in [2.75, 3.05) is 4.90 Å². The summed E-state index contributed by atoms with van der Waals surface area (Å²) in [5, 5.41) is 0. The molecule has 0 saturated carbocycles. The van der Waals surface area contributed by atoms with E-state index in [4.69, 9.17) is 0 Å². The molecule has 1 aliphatic rings. The minimum Gasteiger partial charge on any atom is -0.279 e. The monoisotopic (exact) mass is 267 g/mol. The van der Waals surface area contributed by atoms with Gasteiger partial charge in [0.1, 0.15) is 0 Å². The summed E-state index contributed by atoms with van der Waals surface area (Å²) in [4.78, 5) is 15.9. The van der Waals surface area contributed by atoms with Crippen LogP contribution in [0.25, 0.3) is 6.08 Å². The first-order valence-corrected chi connectivity index (χ1v) is 6.86. The van der Waals surface area contributed by atoms with Gasteiger partial charge in [-0.25, -0.2) is 0 Å². The molecule has 1 amide bonds. The van der Waals surface area contributed by atoms with Crippen LogP contribution < -0.4 is 4.90 Å². The molecule has 1 heterocycles. The second-order valence-corrected chi connectivity index (χ2v) is 5.44. The van der Waals surface area contributed by atoms with E-state index in [-0.39, 0.29) is 5.91 Å². The number of hydrogen-bond acceptors (Lipinski definition) is 2. The third-order valence-electron chi connectivity index (χ3n) is 3.10. The Kier molecular flexibility index (Phi) is 2.91. The standard InChI is InChI=1S/C16H13NOS/c1-3-12-8-9-14-16(10-12)19-15-7-5-4-6-13(15)17(14)11(2)18/h3-10H,1H2,2H3. The van der Waals surface area contributed by atoms with Gasteiger partial charge >= 0.3 is 0 Å². The number of carbonyl (C=O) groups excluding carboxylic acids is 1. The molecule has 0 bridgehead atoms. The van der Waals surface area contributed by atoms with E-state index in [2.05, 4.69) is 12.6 Å². The summed E-state index contributed by atoms with van der Waals surface area (Å²) in [6.45, 7) is 5.38. The van der Waals surface area contributed by atoms with Crippen LogP contribution >= 0.6 is 11.8 Å². The molecule has 2 aromatic rings. The van der Waals surface area contributed by atoms with Crippen molar-refractivity contribution in [3.63, 3.8) is 0 Å². The highest BCUT2D eigenvalue weighted by Crippen LogP contribution is 2.48. The highest BCUT2D eigenvalue weighted by Gasteiger charge is 2.25. The molecule has 0 atom stereocenters. The molecular formula is C16H13NOS. The fourth-order valence-corrected chi connectivity index (χ4v) is 3.35. The average Bonchev–Trinajstić information content (AvgIpc) is 2.43. The molecule has 2 aromatic carbocycles. The zero-order valence-corrected chi connectivity index (χ0v) is 11.4. The number of rotatable bonds is 1. The quantitative estimate of drug-likeness (QED) is 0.759. The van der Waals surface area contributed by atoms with Gasteiger partial charge in [-0.15, -0.1) is 0 Å². The molecule has 0 saturated heterocycles. The smallest absolute Gasteiger partial charge is 0.228 e. The van der Waals surface area contributed by atoms with Gasteiger partial charge in [0.2, 0.25) is 5.91 Å². The largest absolute Gasteiger partial charge is 0.279 e. The van der Waals surface area contributed by atoms with Gasteiger partial charge < -0.3 is 0 Å². The van der Waals surface area contributed by atoms with E-state index in [0.717, 1.165) is 26.7 Å². The first-order chi connectivity index (χ1) is 9.20. The van der Waals surface area contributed by atoms with Crippen molar-refractivity contribution in [2.24, 2.45) is 0 Å². The van der Waals surface area contributed by atoms with E-state index >= 15 is 0 Å². The van der Waals surface area contributed by atoms with Crippen LogP contribution in [0.5, 0.6) is 0 Å². The van der Waals surface area contributed by atoms with E-state index in [1.165, 1.54) is 0 Å². The third kappa shape index (κ3) is 1.96. The van der Waals surface area contributed by atoms with Gasteiger partial charge in [-0.2, -0.15) is 0 Å². The molecule has 0 aliphatic carbocycles. The first kappa shape index (κ1) is 12.1. The van der Waals surface area contributed by atoms with Crippen molar-refractivity contribution in [2.45, 2.75) is 16.7 Å². The number of benzene rings is 2. The Balaban J connectivity index is 2.22. The molecule has 2 nitrogen and oxygen atoms in total. The van der Waals surface area contributed by atoms with E-state index in [1.54, 1.807) is 23.6 Å². The molecule has 0 N–H and O–H groups in total. The molecule has 19 heavy (non-hydrogen) atoms. The van der Waals surface area contributed by atoms with E-state index in [0.29, 0.717) is 0 Å². The number of nitrogens with zero attached hydrogens (tertiary/aromatic N) is 1. The molecule has 1 aliphatic heterocycles. The minimum absolute atomic E-state index is 0.0281. The van der Waals surface area contributed by atoms with Crippen molar-refractivity contribution in [3.8, 4) is 0 Å². The number of fused-ring (bicyclic) bond motifs is 2. The van der Waals surface area contributed by atoms with Gasteiger partial charge in [0.15, 0.2) is 0 Å². The normalized spacial score (nSPS) is 12.6. The summed E-state index contributed by atoms with van der Waals surface area (Å²) in [6.07, 6.45) is 1.82. The van der Waals surface area contributed by atoms with Gasteiger partial charge in [-0.05, 0) is 29.8 Å². The summed E-state index contributed by atoms with van der Waals surface area (Å²) in [5.74, 6) is 0.0281. The zero-order valence-electron chi connectivity index (χ0n) is 10.6. The maximum atomic E-state index is 12.0. The molecule has 0 unspecified atom stereocenters. The molecule has 3 rings (SSSR count). The van der Waals surface area contributed by atoms with Crippen LogP contribution in [-0.2, 0) is 4.79 Å². The lowest BCUT2D eigenvalue weighted by Gasteiger charge is -2.30. The van der Waals surface area contributed by atoms with Crippen molar-refractivity contribution in [3.05, 3.63) is 54.6 Å². The molecule has 94 valence electrons. The minimum atomic E-state index is 0.0281. The predicted octanol–water partition coefficient (Wildman–Crippen LogP) is 4.48. The van der Waals surface area contributed by atoms with Crippen molar-refractivity contribution < 1.29 is 4.79 Å². The highest BCUT2D eigenvalue weighted by atomic mass is 32.2. The molecular weight excluding hydrogens is 254 g/mol. The molecule has 0 aromatic heterocycles. The fraction of sp³-hybridized carbons (Fsp3) is 0.0625. The molecule has 0 fully saturated rings. The van der Waals surface area contributed by atoms with E-state index in [9.17, 15) is 4.79 Å². The maximum Gasteiger partial charge on any atom is 0.228 e. The van der Waals surface area contributed by atoms with Crippen LogP contribution in [0.15, 0.2) is 58.8 Å². The maximum absolute atomic E-state index is 12.0. The topological polar surface area (TPSA) is 20.3 Å². The summed E-state index contributed by atoms with van der Waals surface area (Å²) in [7, 11) is 0. The number of anilines is 2. The molecule has 0 spiro atoms. The Morgan fingerprint density at radius 3 is 2.63 bits per heavy atom. The zero-order chi connectivity index (χ0) is 13.4. The van der Waals surface area contributed by atoms with Gasteiger partial charge in [-0.1, -0.05) is 42.6 Å². The highest BCUT2D eigenvalue weighted by molar-refractivity contribution is 7.99. The number of carbonyl (C=O) groups is 1. The summed E-state index contributed by atoms with van der Waals surface area (Å²) < 4.78 is 0. The van der Waals surface area contributed by atoms with Crippen molar-refractivity contribution in [1.82, 2.24) is 0 Å². The van der Waals surface area contributed by atoms with E-state index in [1.807, 2.05) is 42.5 Å². The van der Waals surface area contributed by atoms with Crippen LogP contribution in [-0.4, -0.2) is 5.91 Å². The second kappa shape index (κ2) is 4.59. The lowest BCUT2D eigenvalue weighted by atomic mass is 10.1. The van der Waals surface area contributed by atoms with Crippen LogP contribution in [0.2, 0.25) is 0 Å². The second-order valence-electron chi connectivity index (χ2n) is 4.36. The Hall–Kier alpha value is -2.00. The van der Waals surface area contributed by atoms with Crippen LogP contribution in [0.3, 0.4) is 0 Å². The average molecular weight is 267 g/mol. The Morgan fingerprint density at radius 1 is 1.16 bits per heavy atom. The lowest BCUT2D eigenvalue weighted by molar-refractivity contribution is -0.115. The third-order valence-corrected chi connectivity index (χ3v) is 4.21. The predicted molar refractivity (Wildman–Crippen MR) is 79.9 cm³/mol. The van der Waals surface area contributed by atoms with E-state index < -0.39 is 0 Å². The summed E-state index contributed by atoms with van der Waals surface area (Å²) in [6, 6.07) is 14.0. The fourth-order valence-electron chi connectivity index (χ4n) is 2.24. The number of para-hydroxylation sites is 1. The SMILES string of the molecule is C=Cc1ccc2c(c1)Sc1ccccc1N2C(C)=O. The Bertz CT molecular complexity index is 678. The summed E-state index contributed by atoms with van der Waals surface area (Å²) in [5.41, 5.74) is 2.97.